The molecule has 0 bridgehead atoms. The molecule has 5 nitrogen and oxygen atoms in total. The predicted molar refractivity (Wildman–Crippen MR) is 72.1 cm³/mol. The van der Waals surface area contributed by atoms with Crippen LogP contribution in [-0.4, -0.2) is 37.8 Å². The van der Waals surface area contributed by atoms with Crippen LogP contribution in [0.2, 0.25) is 0 Å². The van der Waals surface area contributed by atoms with Gasteiger partial charge in [0.1, 0.15) is 11.9 Å². The van der Waals surface area contributed by atoms with E-state index in [0.29, 0.717) is 24.6 Å². The van der Waals surface area contributed by atoms with Gasteiger partial charge in [0.25, 0.3) is 0 Å². The first kappa shape index (κ1) is 13.8. The monoisotopic (exact) mass is 287 g/mol. The highest BCUT2D eigenvalue weighted by molar-refractivity contribution is 8.01. The van der Waals surface area contributed by atoms with Crippen molar-refractivity contribution in [2.75, 3.05) is 6.54 Å². The maximum Gasteiger partial charge on any atom is 0.323 e. The van der Waals surface area contributed by atoms with Gasteiger partial charge in [0.05, 0.1) is 0 Å². The fraction of sp³-hybridized carbons (Fsp3) is 0.727. The lowest BCUT2D eigenvalue weighted by atomic mass is 9.81. The first-order chi connectivity index (χ1) is 8.66. The number of nitrogens with zero attached hydrogens (tertiary/aromatic N) is 2. The molecule has 0 amide bonds. The number of rotatable bonds is 5. The molecule has 1 fully saturated rings. The molecule has 18 heavy (non-hydrogen) atoms. The minimum Gasteiger partial charge on any atom is -0.480 e. The van der Waals surface area contributed by atoms with Crippen molar-refractivity contribution in [1.29, 1.82) is 0 Å². The second-order valence-corrected chi connectivity index (χ2v) is 6.79. The van der Waals surface area contributed by atoms with E-state index < -0.39 is 11.5 Å². The van der Waals surface area contributed by atoms with Crippen LogP contribution in [0.1, 0.15) is 32.6 Å². The standard InChI is InChI=1S/C11H17N3O2S2/c1-2-13-11(9(15)16)5-3-4-8(6-11)17-10-12-7-14-18-10/h7-8,13H,2-6H2,1H3,(H,15,16). The number of likely N-dealkylation sites (N-methyl/N-ethyl adjacent to an activating group) is 1. The summed E-state index contributed by atoms with van der Waals surface area (Å²) in [6.45, 7) is 2.63. The number of carboxylic acids is 1. The number of hydrogen-bond donors (Lipinski definition) is 2. The largest absolute Gasteiger partial charge is 0.480 e. The molecule has 0 spiro atoms. The molecular formula is C11H17N3O2S2. The molecule has 2 atom stereocenters. The van der Waals surface area contributed by atoms with Gasteiger partial charge in [-0.1, -0.05) is 18.7 Å². The van der Waals surface area contributed by atoms with Crippen molar-refractivity contribution >= 4 is 29.3 Å². The molecule has 2 N–H and O–H groups in total. The number of aromatic nitrogens is 2. The van der Waals surface area contributed by atoms with E-state index in [1.54, 1.807) is 18.1 Å². The Labute approximate surface area is 115 Å². The van der Waals surface area contributed by atoms with E-state index in [9.17, 15) is 9.90 Å². The maximum atomic E-state index is 11.5. The molecule has 100 valence electrons. The predicted octanol–water partition coefficient (Wildman–Crippen LogP) is 2.01. The average molecular weight is 287 g/mol. The highest BCUT2D eigenvalue weighted by atomic mass is 32.2. The Balaban J connectivity index is 2.04. The van der Waals surface area contributed by atoms with Crippen LogP contribution < -0.4 is 5.32 Å². The molecule has 0 aromatic carbocycles. The van der Waals surface area contributed by atoms with E-state index in [2.05, 4.69) is 14.7 Å². The minimum atomic E-state index is -0.755. The van der Waals surface area contributed by atoms with Crippen molar-refractivity contribution in [3.8, 4) is 0 Å². The van der Waals surface area contributed by atoms with Crippen molar-refractivity contribution < 1.29 is 9.90 Å². The quantitative estimate of drug-likeness (QED) is 0.863. The summed E-state index contributed by atoms with van der Waals surface area (Å²) in [5.41, 5.74) is -0.755. The van der Waals surface area contributed by atoms with Crippen LogP contribution in [0.3, 0.4) is 0 Å². The third-order valence-corrected chi connectivity index (χ3v) is 5.26. The third kappa shape index (κ3) is 3.02. The molecule has 0 radical (unpaired) electrons. The van der Waals surface area contributed by atoms with Gasteiger partial charge < -0.3 is 10.4 Å². The second-order valence-electron chi connectivity index (χ2n) is 4.46. The van der Waals surface area contributed by atoms with E-state index in [1.807, 2.05) is 6.92 Å². The Morgan fingerprint density at radius 2 is 2.61 bits per heavy atom. The first-order valence-corrected chi connectivity index (χ1v) is 7.73. The lowest BCUT2D eigenvalue weighted by molar-refractivity contribution is -0.146. The molecule has 1 aliphatic rings. The molecule has 2 unspecified atom stereocenters. The van der Waals surface area contributed by atoms with E-state index in [1.165, 1.54) is 11.5 Å². The Morgan fingerprint density at radius 1 is 1.78 bits per heavy atom. The van der Waals surface area contributed by atoms with Crippen LogP contribution in [0, 0.1) is 0 Å². The normalized spacial score (nSPS) is 28.2. The van der Waals surface area contributed by atoms with E-state index in [-0.39, 0.29) is 0 Å². The molecule has 0 aliphatic heterocycles. The zero-order chi connectivity index (χ0) is 13.0. The summed E-state index contributed by atoms with van der Waals surface area (Å²) in [5, 5.41) is 12.9. The van der Waals surface area contributed by atoms with Crippen LogP contribution >= 0.6 is 23.3 Å². The molecular weight excluding hydrogens is 270 g/mol. The number of aliphatic carboxylic acids is 1. The van der Waals surface area contributed by atoms with Gasteiger partial charge in [-0.05, 0) is 43.8 Å². The maximum absolute atomic E-state index is 11.5. The SMILES string of the molecule is CCNC1(C(=O)O)CCCC(Sc2ncns2)C1. The molecule has 7 heteroatoms. The lowest BCUT2D eigenvalue weighted by Crippen LogP contribution is -2.55. The highest BCUT2D eigenvalue weighted by Crippen LogP contribution is 2.38. The van der Waals surface area contributed by atoms with Crippen LogP contribution in [0.25, 0.3) is 0 Å². The van der Waals surface area contributed by atoms with Crippen LogP contribution in [0.4, 0.5) is 0 Å². The van der Waals surface area contributed by atoms with Crippen molar-refractivity contribution in [2.24, 2.45) is 0 Å². The van der Waals surface area contributed by atoms with Crippen molar-refractivity contribution in [3.05, 3.63) is 6.33 Å². The second kappa shape index (κ2) is 5.99. The van der Waals surface area contributed by atoms with Gasteiger partial charge in [-0.3, -0.25) is 4.79 Å². The average Bonchev–Trinajstić information content (AvgIpc) is 2.82. The molecule has 1 heterocycles. The summed E-state index contributed by atoms with van der Waals surface area (Å²) in [6.07, 6.45) is 4.90. The minimum absolute atomic E-state index is 0.307. The fourth-order valence-electron chi connectivity index (χ4n) is 2.45. The van der Waals surface area contributed by atoms with Gasteiger partial charge >= 0.3 is 5.97 Å². The first-order valence-electron chi connectivity index (χ1n) is 6.08. The number of thioether (sulfide) groups is 1. The Morgan fingerprint density at radius 3 is 3.22 bits per heavy atom. The molecule has 1 aromatic heterocycles. The molecule has 1 aliphatic carbocycles. The number of nitrogens with one attached hydrogen (secondary N) is 1. The smallest absolute Gasteiger partial charge is 0.323 e. The number of carboxylic acid groups (broad SMARTS) is 1. The lowest BCUT2D eigenvalue weighted by Gasteiger charge is -2.37. The van der Waals surface area contributed by atoms with Gasteiger partial charge in [0, 0.05) is 5.25 Å². The molecule has 1 saturated carbocycles. The number of carbonyl (C=O) groups is 1. The van der Waals surface area contributed by atoms with E-state index in [4.69, 9.17) is 0 Å². The van der Waals surface area contributed by atoms with Crippen molar-refractivity contribution in [2.45, 2.75) is 47.7 Å². The van der Waals surface area contributed by atoms with Gasteiger partial charge in [0.15, 0.2) is 4.34 Å². The topological polar surface area (TPSA) is 75.1 Å². The van der Waals surface area contributed by atoms with Gasteiger partial charge in [-0.25, -0.2) is 4.98 Å². The summed E-state index contributed by atoms with van der Waals surface area (Å²) in [4.78, 5) is 15.7. The van der Waals surface area contributed by atoms with Crippen molar-refractivity contribution in [3.63, 3.8) is 0 Å². The van der Waals surface area contributed by atoms with Crippen molar-refractivity contribution in [1.82, 2.24) is 14.7 Å². The van der Waals surface area contributed by atoms with Gasteiger partial charge in [-0.2, -0.15) is 4.37 Å². The molecule has 2 rings (SSSR count). The third-order valence-electron chi connectivity index (χ3n) is 3.24. The Bertz CT molecular complexity index is 395. The summed E-state index contributed by atoms with van der Waals surface area (Å²) in [6, 6.07) is 0. The van der Waals surface area contributed by atoms with Crippen LogP contribution in [0.15, 0.2) is 10.7 Å². The Kier molecular flexibility index (Phi) is 4.58. The summed E-state index contributed by atoms with van der Waals surface area (Å²) >= 11 is 3.03. The summed E-state index contributed by atoms with van der Waals surface area (Å²) in [5.74, 6) is -0.730. The zero-order valence-electron chi connectivity index (χ0n) is 10.3. The number of hydrogen-bond acceptors (Lipinski definition) is 6. The Hall–Kier alpha value is -0.660. The van der Waals surface area contributed by atoms with Crippen LogP contribution in [0.5, 0.6) is 0 Å². The molecule has 0 saturated heterocycles. The van der Waals surface area contributed by atoms with E-state index in [0.717, 1.165) is 17.2 Å². The fourth-order valence-corrected chi connectivity index (χ4v) is 4.48. The van der Waals surface area contributed by atoms with Gasteiger partial charge in [-0.15, -0.1) is 0 Å². The zero-order valence-corrected chi connectivity index (χ0v) is 11.9. The summed E-state index contributed by atoms with van der Waals surface area (Å²) in [7, 11) is 0. The van der Waals surface area contributed by atoms with Crippen LogP contribution in [-0.2, 0) is 4.79 Å². The highest BCUT2D eigenvalue weighted by Gasteiger charge is 2.42. The van der Waals surface area contributed by atoms with Gasteiger partial charge in [0.2, 0.25) is 0 Å². The molecule has 1 aromatic rings. The summed E-state index contributed by atoms with van der Waals surface area (Å²) < 4.78 is 4.90. The van der Waals surface area contributed by atoms with E-state index >= 15 is 0 Å².